The van der Waals surface area contributed by atoms with Gasteiger partial charge in [-0.25, -0.2) is 0 Å². The molecule has 0 amide bonds. The monoisotopic (exact) mass is 360 g/mol. The van der Waals surface area contributed by atoms with Gasteiger partial charge in [-0.3, -0.25) is 25.1 Å². The zero-order valence-electron chi connectivity index (χ0n) is 14.2. The van der Waals surface area contributed by atoms with Gasteiger partial charge in [0.1, 0.15) is 0 Å². The Kier molecular flexibility index (Phi) is 4.18. The second-order valence-electron chi connectivity index (χ2n) is 6.17. The molecule has 0 radical (unpaired) electrons. The Morgan fingerprint density at radius 3 is 2.59 bits per heavy atom. The first-order valence-corrected chi connectivity index (χ1v) is 8.40. The summed E-state index contributed by atoms with van der Waals surface area (Å²) in [4.78, 5) is 25.7. The topological polar surface area (TPSA) is 108 Å². The van der Waals surface area contributed by atoms with E-state index in [0.717, 1.165) is 22.0 Å². The van der Waals surface area contributed by atoms with E-state index < -0.39 is 4.92 Å². The van der Waals surface area contributed by atoms with Crippen LogP contribution in [0.25, 0.3) is 23.1 Å². The quantitative estimate of drug-likeness (QED) is 0.382. The molecule has 0 unspecified atom stereocenters. The molecule has 4 aromatic rings. The Labute approximate surface area is 152 Å². The molecule has 0 bridgehead atoms. The zero-order chi connectivity index (χ0) is 18.8. The molecule has 0 aliphatic rings. The number of hydrogen-bond acceptors (Lipinski definition) is 3. The number of nitrogens with zero attached hydrogens (tertiary/aromatic N) is 1. The number of para-hydroxylation sites is 1. The first kappa shape index (κ1) is 16.6. The van der Waals surface area contributed by atoms with Crippen LogP contribution in [0.4, 0.5) is 5.69 Å². The van der Waals surface area contributed by atoms with Crippen LogP contribution >= 0.6 is 0 Å². The van der Waals surface area contributed by atoms with Crippen LogP contribution in [0.1, 0.15) is 11.1 Å². The number of nitro benzene ring substituents is 1. The van der Waals surface area contributed by atoms with Crippen LogP contribution in [0.3, 0.4) is 0 Å². The van der Waals surface area contributed by atoms with Crippen LogP contribution < -0.4 is 16.1 Å². The molecule has 2 aromatic carbocycles. The van der Waals surface area contributed by atoms with Gasteiger partial charge in [-0.2, -0.15) is 0 Å². The number of aromatic amines is 3. The summed E-state index contributed by atoms with van der Waals surface area (Å²) in [6.07, 6.45) is 6.15. The van der Waals surface area contributed by atoms with Crippen molar-refractivity contribution in [3.8, 4) is 0 Å². The van der Waals surface area contributed by atoms with Gasteiger partial charge in [-0.1, -0.05) is 36.4 Å². The van der Waals surface area contributed by atoms with E-state index in [4.69, 9.17) is 0 Å². The summed E-state index contributed by atoms with van der Waals surface area (Å²) in [5.74, 6) is 0. The van der Waals surface area contributed by atoms with Crippen molar-refractivity contribution in [2.45, 2.75) is 6.42 Å². The average Bonchev–Trinajstić information content (AvgIpc) is 3.25. The molecule has 2 heterocycles. The average molecular weight is 360 g/mol. The van der Waals surface area contributed by atoms with Crippen LogP contribution in [0.15, 0.2) is 59.5 Å². The lowest BCUT2D eigenvalue weighted by Gasteiger charge is -1.95. The SMILES string of the molecule is O=c1[nH][nH]c(=CCc2ccc([N+](=O)[O-])cc2)c1=Cc1c[nH]c2ccccc12. The molecule has 0 fully saturated rings. The minimum atomic E-state index is -0.425. The van der Waals surface area contributed by atoms with Gasteiger partial charge < -0.3 is 4.98 Å². The van der Waals surface area contributed by atoms with Crippen molar-refractivity contribution in [2.75, 3.05) is 0 Å². The smallest absolute Gasteiger partial charge is 0.271 e. The molecule has 0 spiro atoms. The van der Waals surface area contributed by atoms with Gasteiger partial charge in [-0.05, 0) is 24.1 Å². The molecule has 4 rings (SSSR count). The molecule has 0 saturated heterocycles. The van der Waals surface area contributed by atoms with Gasteiger partial charge in [0.05, 0.1) is 15.5 Å². The molecular formula is C20H16N4O3. The Bertz CT molecular complexity index is 1290. The van der Waals surface area contributed by atoms with E-state index in [-0.39, 0.29) is 11.2 Å². The number of H-pyrrole nitrogens is 3. The van der Waals surface area contributed by atoms with E-state index in [1.807, 2.05) is 42.6 Å². The molecule has 0 aliphatic carbocycles. The molecular weight excluding hydrogens is 344 g/mol. The maximum Gasteiger partial charge on any atom is 0.271 e. The van der Waals surface area contributed by atoms with Crippen molar-refractivity contribution in [2.24, 2.45) is 0 Å². The van der Waals surface area contributed by atoms with Crippen LogP contribution in [0.5, 0.6) is 0 Å². The van der Waals surface area contributed by atoms with Crippen molar-refractivity contribution in [1.29, 1.82) is 0 Å². The fourth-order valence-electron chi connectivity index (χ4n) is 3.03. The Hall–Kier alpha value is -3.87. The molecule has 134 valence electrons. The van der Waals surface area contributed by atoms with Gasteiger partial charge in [0, 0.05) is 34.8 Å². The fraction of sp³-hybridized carbons (Fsp3) is 0.0500. The predicted octanol–water partition coefficient (Wildman–Crippen LogP) is 1.94. The van der Waals surface area contributed by atoms with Crippen molar-refractivity contribution in [1.82, 2.24) is 15.2 Å². The number of benzene rings is 2. The number of non-ortho nitro benzene ring substituents is 1. The third-order valence-corrected chi connectivity index (χ3v) is 4.46. The second-order valence-corrected chi connectivity index (χ2v) is 6.17. The summed E-state index contributed by atoms with van der Waals surface area (Å²) >= 11 is 0. The number of nitrogens with one attached hydrogen (secondary N) is 3. The highest BCUT2D eigenvalue weighted by molar-refractivity contribution is 5.88. The third-order valence-electron chi connectivity index (χ3n) is 4.46. The van der Waals surface area contributed by atoms with Gasteiger partial charge in [0.15, 0.2) is 0 Å². The second kappa shape index (κ2) is 6.80. The standard InChI is InChI=1S/C20H16N4O3/c25-20-17(11-14-12-21-18-4-2-1-3-16(14)18)19(22-23-20)10-7-13-5-8-15(9-6-13)24(26)27/h1-6,8-12,21-22H,7H2,(H,23,25). The summed E-state index contributed by atoms with van der Waals surface area (Å²) < 4.78 is 0. The molecule has 27 heavy (non-hydrogen) atoms. The molecule has 7 nitrogen and oxygen atoms in total. The number of rotatable bonds is 4. The van der Waals surface area contributed by atoms with E-state index in [0.29, 0.717) is 17.0 Å². The highest BCUT2D eigenvalue weighted by Crippen LogP contribution is 2.17. The van der Waals surface area contributed by atoms with E-state index in [9.17, 15) is 14.9 Å². The predicted molar refractivity (Wildman–Crippen MR) is 104 cm³/mol. The van der Waals surface area contributed by atoms with E-state index >= 15 is 0 Å². The third kappa shape index (κ3) is 3.30. The molecule has 7 heteroatoms. The lowest BCUT2D eigenvalue weighted by Crippen LogP contribution is -2.33. The van der Waals surface area contributed by atoms with Gasteiger partial charge in [0.2, 0.25) is 0 Å². The summed E-state index contributed by atoms with van der Waals surface area (Å²) in [6.45, 7) is 0. The van der Waals surface area contributed by atoms with Crippen LogP contribution in [0.2, 0.25) is 0 Å². The molecule has 0 atom stereocenters. The van der Waals surface area contributed by atoms with Gasteiger partial charge >= 0.3 is 0 Å². The first-order valence-electron chi connectivity index (χ1n) is 8.40. The molecule has 3 N–H and O–H groups in total. The van der Waals surface area contributed by atoms with Crippen molar-refractivity contribution in [3.63, 3.8) is 0 Å². The van der Waals surface area contributed by atoms with E-state index in [1.54, 1.807) is 12.1 Å². The Morgan fingerprint density at radius 2 is 1.81 bits per heavy atom. The molecule has 2 aromatic heterocycles. The Morgan fingerprint density at radius 1 is 1.04 bits per heavy atom. The largest absolute Gasteiger partial charge is 0.361 e. The van der Waals surface area contributed by atoms with Gasteiger partial charge in [-0.15, -0.1) is 0 Å². The summed E-state index contributed by atoms with van der Waals surface area (Å²) in [7, 11) is 0. The lowest BCUT2D eigenvalue weighted by molar-refractivity contribution is -0.384. The number of hydrogen-bond donors (Lipinski definition) is 3. The van der Waals surface area contributed by atoms with Crippen LogP contribution in [-0.2, 0) is 6.42 Å². The lowest BCUT2D eigenvalue weighted by atomic mass is 10.1. The first-order chi connectivity index (χ1) is 13.1. The number of nitro groups is 1. The summed E-state index contributed by atoms with van der Waals surface area (Å²) in [5.41, 5.74) is 2.71. The minimum absolute atomic E-state index is 0.0576. The maximum absolute atomic E-state index is 12.2. The normalized spacial score (nSPS) is 12.7. The summed E-state index contributed by atoms with van der Waals surface area (Å²) in [6, 6.07) is 14.3. The zero-order valence-corrected chi connectivity index (χ0v) is 14.2. The number of aromatic nitrogens is 3. The van der Waals surface area contributed by atoms with Crippen LogP contribution in [0, 0.1) is 10.1 Å². The molecule has 0 saturated carbocycles. The van der Waals surface area contributed by atoms with E-state index in [1.165, 1.54) is 12.1 Å². The van der Waals surface area contributed by atoms with Crippen molar-refractivity contribution < 1.29 is 4.92 Å². The molecule has 0 aliphatic heterocycles. The number of fused-ring (bicyclic) bond motifs is 1. The highest BCUT2D eigenvalue weighted by Gasteiger charge is 2.04. The van der Waals surface area contributed by atoms with Gasteiger partial charge in [0.25, 0.3) is 11.2 Å². The Balaban J connectivity index is 1.72. The van der Waals surface area contributed by atoms with Crippen molar-refractivity contribution in [3.05, 3.63) is 96.9 Å². The minimum Gasteiger partial charge on any atom is -0.361 e. The van der Waals surface area contributed by atoms with Crippen molar-refractivity contribution >= 4 is 28.7 Å². The fourth-order valence-corrected chi connectivity index (χ4v) is 3.03. The highest BCUT2D eigenvalue weighted by atomic mass is 16.6. The van der Waals surface area contributed by atoms with E-state index in [2.05, 4.69) is 15.2 Å². The maximum atomic E-state index is 12.2. The van der Waals surface area contributed by atoms with Crippen LogP contribution in [-0.4, -0.2) is 20.1 Å². The summed E-state index contributed by atoms with van der Waals surface area (Å²) in [5, 5.41) is 18.5.